The highest BCUT2D eigenvalue weighted by Gasteiger charge is 2.27. The van der Waals surface area contributed by atoms with Crippen molar-refractivity contribution in [2.24, 2.45) is 0 Å². The van der Waals surface area contributed by atoms with Gasteiger partial charge in [0, 0.05) is 30.8 Å². The molecule has 3 rings (SSSR count). The van der Waals surface area contributed by atoms with E-state index >= 15 is 0 Å². The van der Waals surface area contributed by atoms with E-state index in [1.54, 1.807) is 4.90 Å². The fourth-order valence-electron chi connectivity index (χ4n) is 3.29. The zero-order chi connectivity index (χ0) is 18.5. The summed E-state index contributed by atoms with van der Waals surface area (Å²) in [5.74, 6) is 0.775. The lowest BCUT2D eigenvalue weighted by atomic mass is 10.0. The zero-order valence-electron chi connectivity index (χ0n) is 15.2. The van der Waals surface area contributed by atoms with Crippen molar-refractivity contribution in [2.75, 3.05) is 18.1 Å². The predicted octanol–water partition coefficient (Wildman–Crippen LogP) is 3.31. The van der Waals surface area contributed by atoms with Crippen LogP contribution in [-0.4, -0.2) is 25.0 Å². The number of hydrogen-bond acceptors (Lipinski definition) is 3. The molecule has 2 aromatic rings. The fraction of sp³-hybridized carbons (Fsp3) is 0.333. The molecule has 0 fully saturated rings. The molecule has 1 aliphatic rings. The lowest BCUT2D eigenvalue weighted by Crippen LogP contribution is -2.27. The molecule has 1 aliphatic heterocycles. The van der Waals surface area contributed by atoms with Crippen LogP contribution in [-0.2, 0) is 17.8 Å². The van der Waals surface area contributed by atoms with E-state index in [4.69, 9.17) is 4.74 Å². The van der Waals surface area contributed by atoms with Gasteiger partial charge in [-0.3, -0.25) is 9.59 Å². The zero-order valence-corrected chi connectivity index (χ0v) is 15.2. The van der Waals surface area contributed by atoms with Gasteiger partial charge in [-0.2, -0.15) is 0 Å². The molecule has 1 heterocycles. The maximum Gasteiger partial charge on any atom is 0.251 e. The van der Waals surface area contributed by atoms with Crippen LogP contribution in [0.4, 0.5) is 5.69 Å². The molecule has 0 saturated carbocycles. The van der Waals surface area contributed by atoms with E-state index in [9.17, 15) is 9.59 Å². The van der Waals surface area contributed by atoms with Gasteiger partial charge in [-0.25, -0.2) is 0 Å². The van der Waals surface area contributed by atoms with Gasteiger partial charge in [0.05, 0.1) is 6.61 Å². The van der Waals surface area contributed by atoms with E-state index in [1.807, 2.05) is 56.3 Å². The predicted molar refractivity (Wildman–Crippen MR) is 102 cm³/mol. The molecule has 2 aromatic carbocycles. The SMILES string of the molecule is CCOc1cccc(CNC(=O)c2cccc3c2CCN3C(=O)CC)c1. The Kier molecular flexibility index (Phi) is 5.56. The lowest BCUT2D eigenvalue weighted by molar-refractivity contribution is -0.118. The van der Waals surface area contributed by atoms with Crippen LogP contribution in [0, 0.1) is 0 Å². The molecule has 5 nitrogen and oxygen atoms in total. The third-order valence-electron chi connectivity index (χ3n) is 4.54. The monoisotopic (exact) mass is 352 g/mol. The molecule has 0 aromatic heterocycles. The topological polar surface area (TPSA) is 58.6 Å². The van der Waals surface area contributed by atoms with Gasteiger partial charge in [-0.15, -0.1) is 0 Å². The molecular formula is C21H24N2O3. The highest BCUT2D eigenvalue weighted by molar-refractivity contribution is 6.01. The number of benzene rings is 2. The van der Waals surface area contributed by atoms with Crippen LogP contribution < -0.4 is 15.0 Å². The van der Waals surface area contributed by atoms with Gasteiger partial charge in [0.25, 0.3) is 5.91 Å². The summed E-state index contributed by atoms with van der Waals surface area (Å²) in [5.41, 5.74) is 3.45. The fourth-order valence-corrected chi connectivity index (χ4v) is 3.29. The highest BCUT2D eigenvalue weighted by Crippen LogP contribution is 2.31. The van der Waals surface area contributed by atoms with E-state index in [1.165, 1.54) is 0 Å². The average molecular weight is 352 g/mol. The van der Waals surface area contributed by atoms with Crippen molar-refractivity contribution in [1.82, 2.24) is 5.32 Å². The maximum atomic E-state index is 12.7. The molecule has 0 saturated heterocycles. The normalized spacial score (nSPS) is 12.6. The Balaban J connectivity index is 1.72. The highest BCUT2D eigenvalue weighted by atomic mass is 16.5. The first-order chi connectivity index (χ1) is 12.6. The minimum Gasteiger partial charge on any atom is -0.494 e. The van der Waals surface area contributed by atoms with E-state index in [0.717, 1.165) is 22.6 Å². The molecule has 0 radical (unpaired) electrons. The van der Waals surface area contributed by atoms with Crippen molar-refractivity contribution >= 4 is 17.5 Å². The summed E-state index contributed by atoms with van der Waals surface area (Å²) < 4.78 is 5.49. The van der Waals surface area contributed by atoms with Crippen LogP contribution in [0.2, 0.25) is 0 Å². The van der Waals surface area contributed by atoms with Gasteiger partial charge in [-0.05, 0) is 48.7 Å². The molecule has 0 spiro atoms. The second kappa shape index (κ2) is 8.04. The first kappa shape index (κ1) is 18.0. The number of amides is 2. The average Bonchev–Trinajstić information content (AvgIpc) is 3.10. The maximum absolute atomic E-state index is 12.7. The molecular weight excluding hydrogens is 328 g/mol. The van der Waals surface area contributed by atoms with Crippen molar-refractivity contribution in [3.05, 3.63) is 59.2 Å². The molecule has 26 heavy (non-hydrogen) atoms. The van der Waals surface area contributed by atoms with Crippen LogP contribution in [0.3, 0.4) is 0 Å². The first-order valence-corrected chi connectivity index (χ1v) is 9.06. The van der Waals surface area contributed by atoms with Gasteiger partial charge in [-0.1, -0.05) is 25.1 Å². The Bertz CT molecular complexity index is 817. The summed E-state index contributed by atoms with van der Waals surface area (Å²) in [6.07, 6.45) is 1.18. The number of anilines is 1. The van der Waals surface area contributed by atoms with E-state index in [0.29, 0.717) is 38.1 Å². The van der Waals surface area contributed by atoms with Crippen LogP contribution in [0.25, 0.3) is 0 Å². The van der Waals surface area contributed by atoms with E-state index in [-0.39, 0.29) is 11.8 Å². The van der Waals surface area contributed by atoms with Gasteiger partial charge >= 0.3 is 0 Å². The molecule has 0 unspecified atom stereocenters. The molecule has 5 heteroatoms. The Morgan fingerprint density at radius 3 is 2.73 bits per heavy atom. The van der Waals surface area contributed by atoms with Crippen LogP contribution in [0.1, 0.15) is 41.8 Å². The third-order valence-corrected chi connectivity index (χ3v) is 4.54. The molecule has 1 N–H and O–H groups in total. The van der Waals surface area contributed by atoms with Crippen molar-refractivity contribution in [3.8, 4) is 5.75 Å². The second-order valence-electron chi connectivity index (χ2n) is 6.22. The van der Waals surface area contributed by atoms with E-state index < -0.39 is 0 Å². The number of rotatable bonds is 6. The van der Waals surface area contributed by atoms with Crippen molar-refractivity contribution in [1.29, 1.82) is 0 Å². The number of ether oxygens (including phenoxy) is 1. The van der Waals surface area contributed by atoms with Crippen LogP contribution in [0.15, 0.2) is 42.5 Å². The van der Waals surface area contributed by atoms with Gasteiger partial charge in [0.2, 0.25) is 5.91 Å². The van der Waals surface area contributed by atoms with E-state index in [2.05, 4.69) is 5.32 Å². The number of fused-ring (bicyclic) bond motifs is 1. The molecule has 136 valence electrons. The smallest absolute Gasteiger partial charge is 0.251 e. The minimum absolute atomic E-state index is 0.0917. The minimum atomic E-state index is -0.116. The van der Waals surface area contributed by atoms with Gasteiger partial charge in [0.15, 0.2) is 0 Å². The Hall–Kier alpha value is -2.82. The molecule has 0 aliphatic carbocycles. The van der Waals surface area contributed by atoms with Crippen LogP contribution >= 0.6 is 0 Å². The largest absolute Gasteiger partial charge is 0.494 e. The molecule has 2 amide bonds. The summed E-state index contributed by atoms with van der Waals surface area (Å²) in [4.78, 5) is 26.5. The summed E-state index contributed by atoms with van der Waals surface area (Å²) in [7, 11) is 0. The van der Waals surface area contributed by atoms with Crippen LogP contribution in [0.5, 0.6) is 5.75 Å². The number of nitrogens with one attached hydrogen (secondary N) is 1. The van der Waals surface area contributed by atoms with Gasteiger partial charge in [0.1, 0.15) is 5.75 Å². The summed E-state index contributed by atoms with van der Waals surface area (Å²) >= 11 is 0. The number of carbonyl (C=O) groups is 2. The first-order valence-electron chi connectivity index (χ1n) is 9.06. The van der Waals surface area contributed by atoms with Crippen molar-refractivity contribution in [3.63, 3.8) is 0 Å². The number of carbonyl (C=O) groups excluding carboxylic acids is 2. The number of hydrogen-bond donors (Lipinski definition) is 1. The Labute approximate surface area is 154 Å². The summed E-state index contributed by atoms with van der Waals surface area (Å²) in [6.45, 7) is 5.48. The summed E-state index contributed by atoms with van der Waals surface area (Å²) in [6, 6.07) is 13.3. The number of nitrogens with zero attached hydrogens (tertiary/aromatic N) is 1. The van der Waals surface area contributed by atoms with Gasteiger partial charge < -0.3 is 15.0 Å². The molecule has 0 atom stereocenters. The van der Waals surface area contributed by atoms with Crippen molar-refractivity contribution in [2.45, 2.75) is 33.2 Å². The lowest BCUT2D eigenvalue weighted by Gasteiger charge is -2.17. The Morgan fingerprint density at radius 2 is 1.96 bits per heavy atom. The quantitative estimate of drug-likeness (QED) is 0.868. The van der Waals surface area contributed by atoms with Crippen molar-refractivity contribution < 1.29 is 14.3 Å². The second-order valence-corrected chi connectivity index (χ2v) is 6.22. The third kappa shape index (κ3) is 3.72. The Morgan fingerprint density at radius 1 is 1.15 bits per heavy atom. The molecule has 0 bridgehead atoms. The summed E-state index contributed by atoms with van der Waals surface area (Å²) in [5, 5.41) is 2.97. The standard InChI is InChI=1S/C21H24N2O3/c1-3-20(24)23-12-11-17-18(9-6-10-19(17)23)21(25)22-14-15-7-5-8-16(13-15)26-4-2/h5-10,13H,3-4,11-12,14H2,1-2H3,(H,22,25).